The SMILES string of the molecule is Cc1cnc(Br)c(-c2ccccc2)n1. The number of hydrogen-bond acceptors (Lipinski definition) is 2. The molecular weight excluding hydrogens is 240 g/mol. The first-order chi connectivity index (χ1) is 6.77. The number of nitrogens with zero attached hydrogens (tertiary/aromatic N) is 2. The lowest BCUT2D eigenvalue weighted by Crippen LogP contribution is -1.91. The van der Waals surface area contributed by atoms with E-state index in [0.717, 1.165) is 21.6 Å². The van der Waals surface area contributed by atoms with Crippen LogP contribution in [-0.2, 0) is 0 Å². The zero-order chi connectivity index (χ0) is 9.97. The van der Waals surface area contributed by atoms with Crippen molar-refractivity contribution in [3.63, 3.8) is 0 Å². The molecule has 1 aromatic heterocycles. The molecule has 0 fully saturated rings. The first-order valence-electron chi connectivity index (χ1n) is 4.32. The van der Waals surface area contributed by atoms with Crippen molar-refractivity contribution in [2.45, 2.75) is 6.92 Å². The molecule has 0 amide bonds. The minimum absolute atomic E-state index is 0.786. The lowest BCUT2D eigenvalue weighted by atomic mass is 10.2. The summed E-state index contributed by atoms with van der Waals surface area (Å²) >= 11 is 3.39. The molecule has 0 radical (unpaired) electrons. The monoisotopic (exact) mass is 248 g/mol. The van der Waals surface area contributed by atoms with E-state index in [9.17, 15) is 0 Å². The molecule has 1 aromatic carbocycles. The van der Waals surface area contributed by atoms with Crippen LogP contribution in [0.1, 0.15) is 5.69 Å². The van der Waals surface area contributed by atoms with Gasteiger partial charge in [0.25, 0.3) is 0 Å². The van der Waals surface area contributed by atoms with Crippen molar-refractivity contribution in [1.29, 1.82) is 0 Å². The molecule has 0 spiro atoms. The predicted molar refractivity (Wildman–Crippen MR) is 59.9 cm³/mol. The first-order valence-corrected chi connectivity index (χ1v) is 5.11. The second-order valence-electron chi connectivity index (χ2n) is 3.02. The fourth-order valence-electron chi connectivity index (χ4n) is 1.24. The zero-order valence-electron chi connectivity index (χ0n) is 7.74. The van der Waals surface area contributed by atoms with Crippen molar-refractivity contribution >= 4 is 15.9 Å². The van der Waals surface area contributed by atoms with E-state index >= 15 is 0 Å². The maximum atomic E-state index is 4.43. The molecule has 2 rings (SSSR count). The van der Waals surface area contributed by atoms with Crippen LogP contribution in [0.2, 0.25) is 0 Å². The van der Waals surface area contributed by atoms with Gasteiger partial charge in [-0.2, -0.15) is 0 Å². The molecular formula is C11H9BrN2. The van der Waals surface area contributed by atoms with Crippen LogP contribution in [0.15, 0.2) is 41.1 Å². The van der Waals surface area contributed by atoms with Crippen molar-refractivity contribution in [3.05, 3.63) is 46.8 Å². The predicted octanol–water partition coefficient (Wildman–Crippen LogP) is 3.21. The number of benzene rings is 1. The van der Waals surface area contributed by atoms with E-state index < -0.39 is 0 Å². The van der Waals surface area contributed by atoms with E-state index in [4.69, 9.17) is 0 Å². The van der Waals surface area contributed by atoms with Gasteiger partial charge in [-0.15, -0.1) is 0 Å². The van der Waals surface area contributed by atoms with Gasteiger partial charge < -0.3 is 0 Å². The Bertz CT molecular complexity index is 440. The van der Waals surface area contributed by atoms with E-state index in [2.05, 4.69) is 25.9 Å². The maximum Gasteiger partial charge on any atom is 0.132 e. The van der Waals surface area contributed by atoms with Crippen LogP contribution in [-0.4, -0.2) is 9.97 Å². The minimum Gasteiger partial charge on any atom is -0.249 e. The van der Waals surface area contributed by atoms with Gasteiger partial charge in [-0.1, -0.05) is 30.3 Å². The van der Waals surface area contributed by atoms with Crippen LogP contribution in [0.4, 0.5) is 0 Å². The third-order valence-corrected chi connectivity index (χ3v) is 2.48. The first kappa shape index (κ1) is 9.34. The van der Waals surface area contributed by atoms with Crippen LogP contribution in [0.5, 0.6) is 0 Å². The van der Waals surface area contributed by atoms with E-state index in [-0.39, 0.29) is 0 Å². The standard InChI is InChI=1S/C11H9BrN2/c1-8-7-13-11(12)10(14-8)9-5-3-2-4-6-9/h2-7H,1H3. The fourth-order valence-corrected chi connectivity index (χ4v) is 1.66. The molecule has 0 aliphatic carbocycles. The third-order valence-electron chi connectivity index (χ3n) is 1.90. The summed E-state index contributed by atoms with van der Waals surface area (Å²) < 4.78 is 0.786. The van der Waals surface area contributed by atoms with Gasteiger partial charge in [0.2, 0.25) is 0 Å². The number of aryl methyl sites for hydroxylation is 1. The highest BCUT2D eigenvalue weighted by atomic mass is 79.9. The summed E-state index contributed by atoms with van der Waals surface area (Å²) in [7, 11) is 0. The average molecular weight is 249 g/mol. The smallest absolute Gasteiger partial charge is 0.132 e. The van der Waals surface area contributed by atoms with Gasteiger partial charge in [-0.25, -0.2) is 9.97 Å². The summed E-state index contributed by atoms with van der Waals surface area (Å²) in [5.41, 5.74) is 2.90. The molecule has 1 heterocycles. The second-order valence-corrected chi connectivity index (χ2v) is 3.77. The van der Waals surface area contributed by atoms with E-state index in [1.165, 1.54) is 0 Å². The molecule has 0 atom stereocenters. The molecule has 0 aliphatic heterocycles. The highest BCUT2D eigenvalue weighted by Crippen LogP contribution is 2.23. The Kier molecular flexibility index (Phi) is 2.59. The zero-order valence-corrected chi connectivity index (χ0v) is 9.32. The number of rotatable bonds is 1. The molecule has 0 N–H and O–H groups in total. The Morgan fingerprint density at radius 3 is 2.57 bits per heavy atom. The average Bonchev–Trinajstić information content (AvgIpc) is 2.23. The highest BCUT2D eigenvalue weighted by molar-refractivity contribution is 9.10. The van der Waals surface area contributed by atoms with Crippen molar-refractivity contribution in [1.82, 2.24) is 9.97 Å². The summed E-state index contributed by atoms with van der Waals surface area (Å²) in [5.74, 6) is 0. The van der Waals surface area contributed by atoms with E-state index in [1.807, 2.05) is 37.3 Å². The number of halogens is 1. The molecule has 2 aromatic rings. The van der Waals surface area contributed by atoms with Crippen LogP contribution in [0.3, 0.4) is 0 Å². The molecule has 70 valence electrons. The Balaban J connectivity index is 2.57. The van der Waals surface area contributed by atoms with Crippen LogP contribution >= 0.6 is 15.9 Å². The summed E-state index contributed by atoms with van der Waals surface area (Å²) in [6.45, 7) is 1.94. The highest BCUT2D eigenvalue weighted by Gasteiger charge is 2.04. The van der Waals surface area contributed by atoms with Gasteiger partial charge in [-0.3, -0.25) is 0 Å². The summed E-state index contributed by atoms with van der Waals surface area (Å²) in [5, 5.41) is 0. The lowest BCUT2D eigenvalue weighted by Gasteiger charge is -2.03. The summed E-state index contributed by atoms with van der Waals surface area (Å²) in [4.78, 5) is 8.64. The quantitative estimate of drug-likeness (QED) is 0.775. The van der Waals surface area contributed by atoms with Gasteiger partial charge >= 0.3 is 0 Å². The van der Waals surface area contributed by atoms with Gasteiger partial charge in [-0.05, 0) is 22.9 Å². The van der Waals surface area contributed by atoms with Crippen LogP contribution in [0, 0.1) is 6.92 Å². The summed E-state index contributed by atoms with van der Waals surface area (Å²) in [6, 6.07) is 10.0. The third kappa shape index (κ3) is 1.82. The van der Waals surface area contributed by atoms with Gasteiger partial charge in [0.05, 0.1) is 5.69 Å². The molecule has 0 bridgehead atoms. The largest absolute Gasteiger partial charge is 0.249 e. The molecule has 0 aliphatic rings. The normalized spacial score (nSPS) is 10.1. The topological polar surface area (TPSA) is 25.8 Å². The van der Waals surface area contributed by atoms with Crippen molar-refractivity contribution in [3.8, 4) is 11.3 Å². The van der Waals surface area contributed by atoms with E-state index in [1.54, 1.807) is 6.20 Å². The number of aromatic nitrogens is 2. The molecule has 14 heavy (non-hydrogen) atoms. The van der Waals surface area contributed by atoms with Crippen molar-refractivity contribution in [2.24, 2.45) is 0 Å². The number of hydrogen-bond donors (Lipinski definition) is 0. The van der Waals surface area contributed by atoms with Crippen molar-refractivity contribution < 1.29 is 0 Å². The van der Waals surface area contributed by atoms with Gasteiger partial charge in [0.15, 0.2) is 0 Å². The lowest BCUT2D eigenvalue weighted by molar-refractivity contribution is 1.10. The van der Waals surface area contributed by atoms with Gasteiger partial charge in [0, 0.05) is 11.8 Å². The Labute approximate surface area is 91.2 Å². The van der Waals surface area contributed by atoms with Crippen LogP contribution < -0.4 is 0 Å². The van der Waals surface area contributed by atoms with Crippen LogP contribution in [0.25, 0.3) is 11.3 Å². The Hall–Kier alpha value is -1.22. The van der Waals surface area contributed by atoms with Crippen molar-refractivity contribution in [2.75, 3.05) is 0 Å². The fraction of sp³-hybridized carbons (Fsp3) is 0.0909. The minimum atomic E-state index is 0.786. The molecule has 2 nitrogen and oxygen atoms in total. The van der Waals surface area contributed by atoms with Gasteiger partial charge in [0.1, 0.15) is 10.3 Å². The molecule has 0 unspecified atom stereocenters. The summed E-state index contributed by atoms with van der Waals surface area (Å²) in [6.07, 6.45) is 1.75. The molecule has 0 saturated heterocycles. The second kappa shape index (κ2) is 3.88. The maximum absolute atomic E-state index is 4.43. The Morgan fingerprint density at radius 2 is 1.86 bits per heavy atom. The van der Waals surface area contributed by atoms with E-state index in [0.29, 0.717) is 0 Å². The molecule has 0 saturated carbocycles. The Morgan fingerprint density at radius 1 is 1.14 bits per heavy atom. The molecule has 3 heteroatoms.